The molecule has 1 saturated heterocycles. The number of H-pyrrole nitrogens is 1. The number of nitrogens with zero attached hydrogens (tertiary/aromatic N) is 4. The third kappa shape index (κ3) is 2.17. The maximum atomic E-state index is 5.93. The van der Waals surface area contributed by atoms with Crippen molar-refractivity contribution in [2.75, 3.05) is 30.8 Å². The first-order valence-corrected chi connectivity index (χ1v) is 7.65. The van der Waals surface area contributed by atoms with E-state index in [-0.39, 0.29) is 4.75 Å². The van der Waals surface area contributed by atoms with Crippen molar-refractivity contribution < 1.29 is 0 Å². The van der Waals surface area contributed by atoms with Gasteiger partial charge in [-0.25, -0.2) is 15.0 Å². The minimum Gasteiger partial charge on any atom is -0.355 e. The third-order valence-corrected chi connectivity index (χ3v) is 5.42. The van der Waals surface area contributed by atoms with E-state index >= 15 is 0 Å². The number of fused-ring (bicyclic) bond motifs is 1. The molecule has 3 heterocycles. The first-order valence-electron chi connectivity index (χ1n) is 6.42. The molecular weight excluding hydrogens is 260 g/mol. The molecule has 0 amide bonds. The molecule has 0 radical (unpaired) electrons. The van der Waals surface area contributed by atoms with Gasteiger partial charge in [0.2, 0.25) is 0 Å². The standard InChI is InChI=1S/C12H18N6S/c1-19-12(6-13)2-4-18(5-3-12)11-9-10(15-7-14-9)16-8-17-11/h7-8H,2-6,13H2,1H3,(H,14,15,16,17). The molecule has 7 heteroatoms. The molecule has 0 unspecified atom stereocenters. The second-order valence-electron chi connectivity index (χ2n) is 4.88. The summed E-state index contributed by atoms with van der Waals surface area (Å²) in [7, 11) is 0. The highest BCUT2D eigenvalue weighted by Crippen LogP contribution is 2.35. The summed E-state index contributed by atoms with van der Waals surface area (Å²) in [5.74, 6) is 0.953. The Kier molecular flexibility index (Phi) is 3.32. The first kappa shape index (κ1) is 12.7. The Bertz CT molecular complexity index is 554. The maximum Gasteiger partial charge on any atom is 0.182 e. The average molecular weight is 278 g/mol. The van der Waals surface area contributed by atoms with Crippen molar-refractivity contribution >= 4 is 28.7 Å². The van der Waals surface area contributed by atoms with Gasteiger partial charge in [0.05, 0.1) is 6.33 Å². The Morgan fingerprint density at radius 1 is 1.37 bits per heavy atom. The fourth-order valence-electron chi connectivity index (χ4n) is 2.61. The lowest BCUT2D eigenvalue weighted by Gasteiger charge is -2.40. The number of nitrogens with two attached hydrogens (primary N) is 1. The van der Waals surface area contributed by atoms with E-state index in [0.29, 0.717) is 0 Å². The molecule has 1 aliphatic rings. The van der Waals surface area contributed by atoms with E-state index in [1.807, 2.05) is 11.8 Å². The SMILES string of the molecule is CSC1(CN)CCN(c2ncnc3nc[nH]c23)CC1. The van der Waals surface area contributed by atoms with Gasteiger partial charge >= 0.3 is 0 Å². The lowest BCUT2D eigenvalue weighted by molar-refractivity contribution is 0.455. The van der Waals surface area contributed by atoms with Gasteiger partial charge in [0, 0.05) is 24.4 Å². The molecule has 0 atom stereocenters. The van der Waals surface area contributed by atoms with E-state index in [1.165, 1.54) is 0 Å². The molecule has 2 aromatic rings. The molecule has 0 bridgehead atoms. The van der Waals surface area contributed by atoms with E-state index in [4.69, 9.17) is 5.73 Å². The molecule has 0 saturated carbocycles. The predicted molar refractivity (Wildman–Crippen MR) is 78.4 cm³/mol. The Labute approximate surface area is 116 Å². The fourth-order valence-corrected chi connectivity index (χ4v) is 3.37. The molecule has 0 aliphatic carbocycles. The number of nitrogens with one attached hydrogen (secondary N) is 1. The van der Waals surface area contributed by atoms with Crippen molar-refractivity contribution in [2.24, 2.45) is 5.73 Å². The largest absolute Gasteiger partial charge is 0.355 e. The zero-order chi connectivity index (χ0) is 13.3. The molecule has 0 aromatic carbocycles. The summed E-state index contributed by atoms with van der Waals surface area (Å²) in [6, 6.07) is 0. The second kappa shape index (κ2) is 4.97. The van der Waals surface area contributed by atoms with Crippen molar-refractivity contribution in [1.29, 1.82) is 0 Å². The van der Waals surface area contributed by atoms with Crippen LogP contribution < -0.4 is 10.6 Å². The number of aromatic amines is 1. The number of imidazole rings is 1. The zero-order valence-electron chi connectivity index (χ0n) is 11.0. The quantitative estimate of drug-likeness (QED) is 0.872. The normalized spacial score (nSPS) is 18.9. The summed E-state index contributed by atoms with van der Waals surface area (Å²) in [6.45, 7) is 2.69. The van der Waals surface area contributed by atoms with Gasteiger partial charge in [-0.15, -0.1) is 0 Å². The summed E-state index contributed by atoms with van der Waals surface area (Å²) >= 11 is 1.89. The molecule has 102 valence electrons. The number of hydrogen-bond donors (Lipinski definition) is 2. The van der Waals surface area contributed by atoms with Gasteiger partial charge in [-0.3, -0.25) is 0 Å². The van der Waals surface area contributed by atoms with Crippen LogP contribution in [0.2, 0.25) is 0 Å². The van der Waals surface area contributed by atoms with Gasteiger partial charge in [-0.1, -0.05) is 0 Å². The second-order valence-corrected chi connectivity index (χ2v) is 6.15. The minimum atomic E-state index is 0.233. The number of anilines is 1. The fraction of sp³-hybridized carbons (Fsp3) is 0.583. The Morgan fingerprint density at radius 2 is 2.16 bits per heavy atom. The van der Waals surface area contributed by atoms with E-state index in [1.54, 1.807) is 12.7 Å². The van der Waals surface area contributed by atoms with Gasteiger partial charge in [0.25, 0.3) is 0 Å². The van der Waals surface area contributed by atoms with Crippen LogP contribution in [0.4, 0.5) is 5.82 Å². The summed E-state index contributed by atoms with van der Waals surface area (Å²) in [5, 5.41) is 0. The van der Waals surface area contributed by atoms with Gasteiger partial charge in [0.1, 0.15) is 11.8 Å². The van der Waals surface area contributed by atoms with Gasteiger partial charge in [-0.2, -0.15) is 11.8 Å². The van der Waals surface area contributed by atoms with Crippen LogP contribution in [-0.2, 0) is 0 Å². The number of thioether (sulfide) groups is 1. The van der Waals surface area contributed by atoms with Crippen molar-refractivity contribution in [2.45, 2.75) is 17.6 Å². The average Bonchev–Trinajstić information content (AvgIpc) is 2.96. The van der Waals surface area contributed by atoms with E-state index in [9.17, 15) is 0 Å². The summed E-state index contributed by atoms with van der Waals surface area (Å²) in [5.41, 5.74) is 7.58. The molecule has 3 N–H and O–H groups in total. The van der Waals surface area contributed by atoms with E-state index < -0.39 is 0 Å². The van der Waals surface area contributed by atoms with Crippen LogP contribution in [0.15, 0.2) is 12.7 Å². The first-order chi connectivity index (χ1) is 9.28. The molecule has 6 nitrogen and oxygen atoms in total. The Hall–Kier alpha value is -1.34. The van der Waals surface area contributed by atoms with Crippen LogP contribution >= 0.6 is 11.8 Å². The molecular formula is C12H18N6S. The van der Waals surface area contributed by atoms with Crippen LogP contribution in [0.1, 0.15) is 12.8 Å². The summed E-state index contributed by atoms with van der Waals surface area (Å²) < 4.78 is 0.233. The van der Waals surface area contributed by atoms with Crippen molar-refractivity contribution in [3.05, 3.63) is 12.7 Å². The number of rotatable bonds is 3. The van der Waals surface area contributed by atoms with E-state index in [2.05, 4.69) is 31.1 Å². The zero-order valence-corrected chi connectivity index (χ0v) is 11.8. The minimum absolute atomic E-state index is 0.233. The molecule has 19 heavy (non-hydrogen) atoms. The molecule has 2 aromatic heterocycles. The maximum absolute atomic E-state index is 5.93. The van der Waals surface area contributed by atoms with Crippen LogP contribution in [0.3, 0.4) is 0 Å². The van der Waals surface area contributed by atoms with Crippen LogP contribution in [0.25, 0.3) is 11.2 Å². The predicted octanol–water partition coefficient (Wildman–Crippen LogP) is 1.01. The molecule has 3 rings (SSSR count). The van der Waals surface area contributed by atoms with Crippen LogP contribution in [0.5, 0.6) is 0 Å². The lowest BCUT2D eigenvalue weighted by Crippen LogP contribution is -2.46. The van der Waals surface area contributed by atoms with Crippen molar-refractivity contribution in [3.8, 4) is 0 Å². The van der Waals surface area contributed by atoms with E-state index in [0.717, 1.165) is 49.5 Å². The highest BCUT2D eigenvalue weighted by molar-refractivity contribution is 8.00. The monoisotopic (exact) mass is 278 g/mol. The number of piperidine rings is 1. The Balaban J connectivity index is 1.84. The topological polar surface area (TPSA) is 83.7 Å². The number of aromatic nitrogens is 4. The highest BCUT2D eigenvalue weighted by Gasteiger charge is 2.33. The number of hydrogen-bond acceptors (Lipinski definition) is 6. The third-order valence-electron chi connectivity index (χ3n) is 3.98. The Morgan fingerprint density at radius 3 is 2.84 bits per heavy atom. The van der Waals surface area contributed by atoms with Crippen LogP contribution in [-0.4, -0.2) is 50.6 Å². The smallest absolute Gasteiger partial charge is 0.182 e. The summed E-state index contributed by atoms with van der Waals surface area (Å²) in [6.07, 6.45) is 7.58. The van der Waals surface area contributed by atoms with Crippen molar-refractivity contribution in [1.82, 2.24) is 19.9 Å². The van der Waals surface area contributed by atoms with Gasteiger partial charge in [0.15, 0.2) is 11.5 Å². The highest BCUT2D eigenvalue weighted by atomic mass is 32.2. The molecule has 1 fully saturated rings. The summed E-state index contributed by atoms with van der Waals surface area (Å²) in [4.78, 5) is 18.2. The lowest BCUT2D eigenvalue weighted by atomic mass is 9.96. The van der Waals surface area contributed by atoms with Crippen molar-refractivity contribution in [3.63, 3.8) is 0 Å². The molecule has 0 spiro atoms. The van der Waals surface area contributed by atoms with Crippen LogP contribution in [0, 0.1) is 0 Å². The molecule has 1 aliphatic heterocycles. The van der Waals surface area contributed by atoms with Gasteiger partial charge < -0.3 is 15.6 Å². The van der Waals surface area contributed by atoms with Gasteiger partial charge in [-0.05, 0) is 19.1 Å².